The molecule has 1 aliphatic heterocycles. The first-order chi connectivity index (χ1) is 11.5. The molecule has 1 aromatic rings. The molecule has 2 aliphatic rings. The molecule has 0 bridgehead atoms. The van der Waals surface area contributed by atoms with Crippen molar-refractivity contribution in [3.8, 4) is 0 Å². The van der Waals surface area contributed by atoms with Crippen molar-refractivity contribution in [3.63, 3.8) is 0 Å². The van der Waals surface area contributed by atoms with Crippen molar-refractivity contribution in [2.24, 2.45) is 5.92 Å². The Balaban J connectivity index is 1.61. The molecule has 1 aromatic carbocycles. The number of hydrogen-bond acceptors (Lipinski definition) is 3. The number of sulfonamides is 1. The molecular formula is C18H26N2O3S. The summed E-state index contributed by atoms with van der Waals surface area (Å²) in [7, 11) is -3.34. The molecule has 0 N–H and O–H groups in total. The minimum Gasteiger partial charge on any atom is -0.341 e. The monoisotopic (exact) mass is 350 g/mol. The van der Waals surface area contributed by atoms with Crippen molar-refractivity contribution in [1.29, 1.82) is 0 Å². The lowest BCUT2D eigenvalue weighted by Crippen LogP contribution is -2.41. The van der Waals surface area contributed by atoms with Crippen LogP contribution in [0.4, 0.5) is 0 Å². The average Bonchev–Trinajstić information content (AvgIpc) is 2.74. The fraction of sp³-hybridized carbons (Fsp3) is 0.611. The van der Waals surface area contributed by atoms with Crippen molar-refractivity contribution < 1.29 is 13.2 Å². The van der Waals surface area contributed by atoms with Gasteiger partial charge < -0.3 is 4.90 Å². The SMILES string of the molecule is Cc1ccc(CS(=O)(=O)N2CCCN(C(=O)C3CCC3)CC2)cc1. The third-order valence-electron chi connectivity index (χ3n) is 5.08. The van der Waals surface area contributed by atoms with Crippen LogP contribution in [0.5, 0.6) is 0 Å². The van der Waals surface area contributed by atoms with E-state index in [0.29, 0.717) is 32.6 Å². The van der Waals surface area contributed by atoms with E-state index in [1.807, 2.05) is 36.1 Å². The molecule has 0 spiro atoms. The molecule has 0 radical (unpaired) electrons. The third kappa shape index (κ3) is 3.98. The fourth-order valence-electron chi connectivity index (χ4n) is 3.29. The van der Waals surface area contributed by atoms with Crippen LogP contribution in [0.25, 0.3) is 0 Å². The average molecular weight is 350 g/mol. The summed E-state index contributed by atoms with van der Waals surface area (Å²) in [6, 6.07) is 7.62. The van der Waals surface area contributed by atoms with Crippen LogP contribution in [0.1, 0.15) is 36.8 Å². The van der Waals surface area contributed by atoms with Crippen LogP contribution in [0.3, 0.4) is 0 Å². The van der Waals surface area contributed by atoms with Crippen molar-refractivity contribution in [1.82, 2.24) is 9.21 Å². The zero-order valence-corrected chi connectivity index (χ0v) is 15.1. The molecule has 3 rings (SSSR count). The van der Waals surface area contributed by atoms with Gasteiger partial charge >= 0.3 is 0 Å². The largest absolute Gasteiger partial charge is 0.341 e. The smallest absolute Gasteiger partial charge is 0.225 e. The molecule has 5 nitrogen and oxygen atoms in total. The second kappa shape index (κ2) is 7.23. The lowest BCUT2D eigenvalue weighted by Gasteiger charge is -2.31. The molecule has 0 atom stereocenters. The maximum atomic E-state index is 12.7. The van der Waals surface area contributed by atoms with Gasteiger partial charge in [0.1, 0.15) is 0 Å². The Morgan fingerprint density at radius 3 is 2.38 bits per heavy atom. The van der Waals surface area contributed by atoms with Gasteiger partial charge in [0.2, 0.25) is 15.9 Å². The molecule has 1 amide bonds. The lowest BCUT2D eigenvalue weighted by atomic mass is 9.84. The van der Waals surface area contributed by atoms with E-state index >= 15 is 0 Å². The Labute approximate surface area is 144 Å². The second-order valence-corrected chi connectivity index (χ2v) is 8.92. The van der Waals surface area contributed by atoms with Crippen molar-refractivity contribution in [2.75, 3.05) is 26.2 Å². The molecule has 1 saturated heterocycles. The van der Waals surface area contributed by atoms with Crippen LogP contribution < -0.4 is 0 Å². The first kappa shape index (κ1) is 17.4. The highest BCUT2D eigenvalue weighted by atomic mass is 32.2. The minimum absolute atomic E-state index is 0.0316. The molecule has 132 valence electrons. The van der Waals surface area contributed by atoms with Gasteiger partial charge in [0, 0.05) is 32.1 Å². The Morgan fingerprint density at radius 2 is 1.75 bits per heavy atom. The standard InChI is InChI=1S/C18H26N2O3S/c1-15-6-8-16(9-7-15)14-24(22,23)20-11-3-10-19(12-13-20)18(21)17-4-2-5-17/h6-9,17H,2-5,10-14H2,1H3. The summed E-state index contributed by atoms with van der Waals surface area (Å²) in [6.45, 7) is 4.09. The summed E-state index contributed by atoms with van der Waals surface area (Å²) in [5.74, 6) is 0.434. The number of carbonyl (C=O) groups is 1. The van der Waals surface area contributed by atoms with E-state index in [9.17, 15) is 13.2 Å². The van der Waals surface area contributed by atoms with Crippen LogP contribution in [0.15, 0.2) is 24.3 Å². The highest BCUT2D eigenvalue weighted by Crippen LogP contribution is 2.28. The van der Waals surface area contributed by atoms with E-state index in [1.54, 1.807) is 4.31 Å². The van der Waals surface area contributed by atoms with E-state index in [0.717, 1.165) is 30.4 Å². The fourth-order valence-corrected chi connectivity index (χ4v) is 4.86. The zero-order valence-electron chi connectivity index (χ0n) is 14.3. The second-order valence-electron chi connectivity index (χ2n) is 6.95. The molecule has 1 aliphatic carbocycles. The zero-order chi connectivity index (χ0) is 17.2. The summed E-state index contributed by atoms with van der Waals surface area (Å²) in [5.41, 5.74) is 1.93. The van der Waals surface area contributed by atoms with Crippen LogP contribution in [0.2, 0.25) is 0 Å². The summed E-state index contributed by atoms with van der Waals surface area (Å²) < 4.78 is 26.9. The van der Waals surface area contributed by atoms with E-state index in [1.165, 1.54) is 0 Å². The first-order valence-electron chi connectivity index (χ1n) is 8.78. The van der Waals surface area contributed by atoms with Gasteiger partial charge in [-0.15, -0.1) is 0 Å². The first-order valence-corrected chi connectivity index (χ1v) is 10.4. The minimum atomic E-state index is -3.34. The van der Waals surface area contributed by atoms with Crippen LogP contribution in [-0.2, 0) is 20.6 Å². The normalized spacial score (nSPS) is 20.5. The molecule has 1 saturated carbocycles. The maximum absolute atomic E-state index is 12.7. The summed E-state index contributed by atoms with van der Waals surface area (Å²) in [5, 5.41) is 0. The van der Waals surface area contributed by atoms with Gasteiger partial charge in [-0.25, -0.2) is 8.42 Å². The maximum Gasteiger partial charge on any atom is 0.225 e. The lowest BCUT2D eigenvalue weighted by molar-refractivity contribution is -0.138. The molecule has 2 fully saturated rings. The topological polar surface area (TPSA) is 57.7 Å². The van der Waals surface area contributed by atoms with Gasteiger partial charge in [-0.1, -0.05) is 36.2 Å². The van der Waals surface area contributed by atoms with Crippen LogP contribution in [-0.4, -0.2) is 49.7 Å². The predicted molar refractivity (Wildman–Crippen MR) is 93.9 cm³/mol. The number of nitrogens with zero attached hydrogens (tertiary/aromatic N) is 2. The van der Waals surface area contributed by atoms with Crippen LogP contribution >= 0.6 is 0 Å². The van der Waals surface area contributed by atoms with Crippen molar-refractivity contribution >= 4 is 15.9 Å². The van der Waals surface area contributed by atoms with E-state index in [4.69, 9.17) is 0 Å². The number of rotatable bonds is 4. The number of amides is 1. The van der Waals surface area contributed by atoms with Gasteiger partial charge in [0.25, 0.3) is 0 Å². The van der Waals surface area contributed by atoms with Gasteiger partial charge in [-0.2, -0.15) is 4.31 Å². The van der Waals surface area contributed by atoms with Gasteiger partial charge in [-0.05, 0) is 31.7 Å². The number of aryl methyl sites for hydroxylation is 1. The Morgan fingerprint density at radius 1 is 1.04 bits per heavy atom. The quantitative estimate of drug-likeness (QED) is 0.836. The van der Waals surface area contributed by atoms with Gasteiger partial charge in [0.05, 0.1) is 5.75 Å². The van der Waals surface area contributed by atoms with Crippen molar-refractivity contribution in [3.05, 3.63) is 35.4 Å². The number of carbonyl (C=O) groups excluding carboxylic acids is 1. The van der Waals surface area contributed by atoms with Gasteiger partial charge in [0.15, 0.2) is 0 Å². The van der Waals surface area contributed by atoms with Crippen molar-refractivity contribution in [2.45, 2.75) is 38.4 Å². The number of benzene rings is 1. The predicted octanol–water partition coefficient (Wildman–Crippen LogP) is 2.16. The Hall–Kier alpha value is -1.40. The summed E-state index contributed by atoms with van der Waals surface area (Å²) >= 11 is 0. The molecule has 0 unspecified atom stereocenters. The van der Waals surface area contributed by atoms with E-state index in [2.05, 4.69) is 0 Å². The highest BCUT2D eigenvalue weighted by molar-refractivity contribution is 7.88. The molecule has 24 heavy (non-hydrogen) atoms. The third-order valence-corrected chi connectivity index (χ3v) is 6.93. The highest BCUT2D eigenvalue weighted by Gasteiger charge is 2.32. The van der Waals surface area contributed by atoms with E-state index < -0.39 is 10.0 Å². The molecular weight excluding hydrogens is 324 g/mol. The Kier molecular flexibility index (Phi) is 5.25. The van der Waals surface area contributed by atoms with Gasteiger partial charge in [-0.3, -0.25) is 4.79 Å². The molecule has 1 heterocycles. The summed E-state index contributed by atoms with van der Waals surface area (Å²) in [6.07, 6.45) is 3.84. The molecule has 0 aromatic heterocycles. The molecule has 6 heteroatoms. The Bertz CT molecular complexity index is 681. The van der Waals surface area contributed by atoms with Crippen LogP contribution in [0, 0.1) is 12.8 Å². The summed E-state index contributed by atoms with van der Waals surface area (Å²) in [4.78, 5) is 14.2. The number of hydrogen-bond donors (Lipinski definition) is 0. The van der Waals surface area contributed by atoms with E-state index in [-0.39, 0.29) is 17.6 Å².